The fourth-order valence-electron chi connectivity index (χ4n) is 1.84. The molecular formula is C15H17N3O3. The number of nitrogens with zero attached hydrogens (tertiary/aromatic N) is 1. The number of amides is 1. The standard InChI is InChI=1S/C15H17N3O3/c1-20-12-7-6-10(8-13(12)21-2)9-17-15(19)11-4-3-5-14(16)18-11/h3-8H,9H2,1-2H3,(H2,16,18)(H,17,19). The average Bonchev–Trinajstić information content (AvgIpc) is 2.52. The first-order valence-electron chi connectivity index (χ1n) is 6.35. The number of pyridine rings is 1. The Kier molecular flexibility index (Phi) is 4.61. The number of nitrogen functional groups attached to an aromatic ring is 1. The molecule has 110 valence electrons. The van der Waals surface area contributed by atoms with E-state index in [9.17, 15) is 4.79 Å². The molecule has 0 spiro atoms. The number of hydrogen-bond donors (Lipinski definition) is 2. The van der Waals surface area contributed by atoms with Crippen LogP contribution >= 0.6 is 0 Å². The molecule has 1 heterocycles. The molecule has 6 heteroatoms. The molecule has 0 atom stereocenters. The number of nitrogens with one attached hydrogen (secondary N) is 1. The molecule has 0 radical (unpaired) electrons. The van der Waals surface area contributed by atoms with Crippen LogP contribution in [-0.2, 0) is 6.54 Å². The molecule has 2 aromatic rings. The third kappa shape index (κ3) is 3.62. The van der Waals surface area contributed by atoms with Gasteiger partial charge in [-0.15, -0.1) is 0 Å². The van der Waals surface area contributed by atoms with Crippen LogP contribution in [0, 0.1) is 0 Å². The Morgan fingerprint density at radius 2 is 1.95 bits per heavy atom. The minimum absolute atomic E-state index is 0.280. The predicted octanol–water partition coefficient (Wildman–Crippen LogP) is 1.61. The van der Waals surface area contributed by atoms with Crippen molar-refractivity contribution in [2.75, 3.05) is 20.0 Å². The number of aromatic nitrogens is 1. The fourth-order valence-corrected chi connectivity index (χ4v) is 1.84. The largest absolute Gasteiger partial charge is 0.493 e. The average molecular weight is 287 g/mol. The second-order valence-electron chi connectivity index (χ2n) is 4.32. The van der Waals surface area contributed by atoms with Crippen molar-refractivity contribution in [2.24, 2.45) is 0 Å². The van der Waals surface area contributed by atoms with Gasteiger partial charge in [-0.25, -0.2) is 4.98 Å². The molecule has 21 heavy (non-hydrogen) atoms. The Morgan fingerprint density at radius 1 is 1.19 bits per heavy atom. The number of carbonyl (C=O) groups excluding carboxylic acids is 1. The van der Waals surface area contributed by atoms with E-state index in [-0.39, 0.29) is 11.6 Å². The van der Waals surface area contributed by atoms with Gasteiger partial charge in [0.1, 0.15) is 11.5 Å². The minimum atomic E-state index is -0.280. The summed E-state index contributed by atoms with van der Waals surface area (Å²) in [5.74, 6) is 1.29. The molecule has 3 N–H and O–H groups in total. The van der Waals surface area contributed by atoms with E-state index in [1.165, 1.54) is 0 Å². The van der Waals surface area contributed by atoms with E-state index < -0.39 is 0 Å². The lowest BCUT2D eigenvalue weighted by molar-refractivity contribution is 0.0946. The van der Waals surface area contributed by atoms with Crippen LogP contribution < -0.4 is 20.5 Å². The maximum Gasteiger partial charge on any atom is 0.270 e. The van der Waals surface area contributed by atoms with E-state index in [4.69, 9.17) is 15.2 Å². The Bertz CT molecular complexity index is 644. The van der Waals surface area contributed by atoms with Crippen molar-refractivity contribution in [1.82, 2.24) is 10.3 Å². The van der Waals surface area contributed by atoms with Crippen LogP contribution in [0.1, 0.15) is 16.1 Å². The highest BCUT2D eigenvalue weighted by atomic mass is 16.5. The van der Waals surface area contributed by atoms with Crippen LogP contribution in [0.2, 0.25) is 0 Å². The first-order chi connectivity index (χ1) is 10.1. The molecule has 6 nitrogen and oxygen atoms in total. The van der Waals surface area contributed by atoms with Crippen LogP contribution in [0.15, 0.2) is 36.4 Å². The summed E-state index contributed by atoms with van der Waals surface area (Å²) in [6.07, 6.45) is 0. The highest BCUT2D eigenvalue weighted by Crippen LogP contribution is 2.27. The summed E-state index contributed by atoms with van der Waals surface area (Å²) in [5, 5.41) is 2.78. The zero-order valence-electron chi connectivity index (χ0n) is 11.9. The van der Waals surface area contributed by atoms with Gasteiger partial charge in [0.25, 0.3) is 5.91 Å². The molecular weight excluding hydrogens is 270 g/mol. The molecule has 1 aromatic heterocycles. The van der Waals surface area contributed by atoms with E-state index in [0.717, 1.165) is 5.56 Å². The lowest BCUT2D eigenvalue weighted by Gasteiger charge is -2.10. The number of anilines is 1. The summed E-state index contributed by atoms with van der Waals surface area (Å²) in [7, 11) is 3.14. The molecule has 1 aromatic carbocycles. The Hall–Kier alpha value is -2.76. The Balaban J connectivity index is 2.04. The van der Waals surface area contributed by atoms with Gasteiger partial charge in [0.05, 0.1) is 14.2 Å². The molecule has 0 aliphatic carbocycles. The Labute approximate surface area is 122 Å². The molecule has 2 rings (SSSR count). The predicted molar refractivity (Wildman–Crippen MR) is 79.4 cm³/mol. The van der Waals surface area contributed by atoms with Crippen molar-refractivity contribution in [3.05, 3.63) is 47.7 Å². The Morgan fingerprint density at radius 3 is 2.62 bits per heavy atom. The fraction of sp³-hybridized carbons (Fsp3) is 0.200. The normalized spacial score (nSPS) is 10.0. The number of hydrogen-bond acceptors (Lipinski definition) is 5. The second kappa shape index (κ2) is 6.60. The van der Waals surface area contributed by atoms with Crippen LogP contribution in [-0.4, -0.2) is 25.1 Å². The minimum Gasteiger partial charge on any atom is -0.493 e. The first-order valence-corrected chi connectivity index (χ1v) is 6.35. The highest BCUT2D eigenvalue weighted by Gasteiger charge is 2.09. The van der Waals surface area contributed by atoms with Gasteiger partial charge in [0.15, 0.2) is 11.5 Å². The van der Waals surface area contributed by atoms with Gasteiger partial charge >= 0.3 is 0 Å². The number of ether oxygens (including phenoxy) is 2. The van der Waals surface area contributed by atoms with Crippen LogP contribution in [0.4, 0.5) is 5.82 Å². The smallest absolute Gasteiger partial charge is 0.270 e. The van der Waals surface area contributed by atoms with Crippen molar-refractivity contribution in [3.63, 3.8) is 0 Å². The molecule has 0 unspecified atom stereocenters. The van der Waals surface area contributed by atoms with E-state index >= 15 is 0 Å². The third-order valence-electron chi connectivity index (χ3n) is 2.90. The van der Waals surface area contributed by atoms with E-state index in [2.05, 4.69) is 10.3 Å². The van der Waals surface area contributed by atoms with Gasteiger partial charge in [-0.1, -0.05) is 12.1 Å². The van der Waals surface area contributed by atoms with Gasteiger partial charge in [0, 0.05) is 6.54 Å². The van der Waals surface area contributed by atoms with Crippen LogP contribution in [0.25, 0.3) is 0 Å². The SMILES string of the molecule is COc1ccc(CNC(=O)c2cccc(N)n2)cc1OC. The van der Waals surface area contributed by atoms with Crippen LogP contribution in [0.5, 0.6) is 11.5 Å². The molecule has 0 fully saturated rings. The van der Waals surface area contributed by atoms with Crippen LogP contribution in [0.3, 0.4) is 0 Å². The molecule has 0 saturated carbocycles. The molecule has 1 amide bonds. The number of nitrogens with two attached hydrogens (primary N) is 1. The van der Waals surface area contributed by atoms with Crippen molar-refractivity contribution in [3.8, 4) is 11.5 Å². The number of rotatable bonds is 5. The topological polar surface area (TPSA) is 86.5 Å². The van der Waals surface area contributed by atoms with Crippen molar-refractivity contribution in [2.45, 2.75) is 6.54 Å². The summed E-state index contributed by atoms with van der Waals surface area (Å²) in [5.41, 5.74) is 6.73. The molecule has 0 saturated heterocycles. The maximum absolute atomic E-state index is 12.0. The number of methoxy groups -OCH3 is 2. The van der Waals surface area contributed by atoms with Gasteiger partial charge < -0.3 is 20.5 Å². The molecule has 0 aliphatic rings. The van der Waals surface area contributed by atoms with Crippen molar-refractivity contribution >= 4 is 11.7 Å². The second-order valence-corrected chi connectivity index (χ2v) is 4.32. The quantitative estimate of drug-likeness (QED) is 0.872. The van der Waals surface area contributed by atoms with Crippen molar-refractivity contribution < 1.29 is 14.3 Å². The van der Waals surface area contributed by atoms with Gasteiger partial charge in [-0.3, -0.25) is 4.79 Å². The van der Waals surface area contributed by atoms with E-state index in [1.54, 1.807) is 38.5 Å². The lowest BCUT2D eigenvalue weighted by atomic mass is 10.2. The monoisotopic (exact) mass is 287 g/mol. The van der Waals surface area contributed by atoms with Gasteiger partial charge in [-0.2, -0.15) is 0 Å². The number of benzene rings is 1. The first kappa shape index (κ1) is 14.6. The summed E-state index contributed by atoms with van der Waals surface area (Å²) < 4.78 is 10.4. The third-order valence-corrected chi connectivity index (χ3v) is 2.90. The summed E-state index contributed by atoms with van der Waals surface area (Å²) in [6.45, 7) is 0.357. The zero-order valence-corrected chi connectivity index (χ0v) is 11.9. The summed E-state index contributed by atoms with van der Waals surface area (Å²) in [6, 6.07) is 10.4. The van der Waals surface area contributed by atoms with E-state index in [1.807, 2.05) is 12.1 Å². The summed E-state index contributed by atoms with van der Waals surface area (Å²) >= 11 is 0. The molecule has 0 aliphatic heterocycles. The number of carbonyl (C=O) groups is 1. The van der Waals surface area contributed by atoms with E-state index in [0.29, 0.717) is 23.9 Å². The summed E-state index contributed by atoms with van der Waals surface area (Å²) in [4.78, 5) is 15.9. The van der Waals surface area contributed by atoms with Gasteiger partial charge in [0.2, 0.25) is 0 Å². The van der Waals surface area contributed by atoms with Gasteiger partial charge in [-0.05, 0) is 29.8 Å². The molecule has 0 bridgehead atoms. The lowest BCUT2D eigenvalue weighted by Crippen LogP contribution is -2.24. The van der Waals surface area contributed by atoms with Crippen molar-refractivity contribution in [1.29, 1.82) is 0 Å². The zero-order chi connectivity index (χ0) is 15.2. The maximum atomic E-state index is 12.0. The highest BCUT2D eigenvalue weighted by molar-refractivity contribution is 5.92.